The second kappa shape index (κ2) is 6.28. The summed E-state index contributed by atoms with van der Waals surface area (Å²) in [6.07, 6.45) is 0.158. The predicted octanol–water partition coefficient (Wildman–Crippen LogP) is 1.46. The fourth-order valence-corrected chi connectivity index (χ4v) is 3.16. The van der Waals surface area contributed by atoms with Crippen molar-refractivity contribution in [2.45, 2.75) is 13.5 Å². The molecule has 3 rings (SSSR count). The molecule has 0 aliphatic carbocycles. The van der Waals surface area contributed by atoms with Crippen LogP contribution in [-0.2, 0) is 13.7 Å². The van der Waals surface area contributed by atoms with E-state index in [4.69, 9.17) is 10.8 Å². The molecule has 0 unspecified atom stereocenters. The monoisotopic (exact) mass is 341 g/mol. The SMILES string of the molecule is [3H]c1csc(OCc2c(-n3nnn(C)c3=O)csc2OCC)n1. The van der Waals surface area contributed by atoms with E-state index in [0.717, 1.165) is 4.68 Å². The first-order valence-electron chi connectivity index (χ1n) is 6.87. The number of ether oxygens (including phenoxy) is 2. The van der Waals surface area contributed by atoms with Crippen molar-refractivity contribution < 1.29 is 10.8 Å². The second-order valence-corrected chi connectivity index (χ2v) is 5.81. The maximum absolute atomic E-state index is 12.1. The molecule has 22 heavy (non-hydrogen) atoms. The molecular weight excluding hydrogens is 326 g/mol. The van der Waals surface area contributed by atoms with E-state index >= 15 is 0 Å². The Morgan fingerprint density at radius 3 is 2.86 bits per heavy atom. The third kappa shape index (κ3) is 2.74. The van der Waals surface area contributed by atoms with E-state index in [1.165, 1.54) is 34.4 Å². The molecule has 10 heteroatoms. The molecule has 0 spiro atoms. The van der Waals surface area contributed by atoms with Crippen LogP contribution in [0.3, 0.4) is 0 Å². The van der Waals surface area contributed by atoms with Crippen LogP contribution in [0.15, 0.2) is 21.7 Å². The quantitative estimate of drug-likeness (QED) is 0.675. The molecule has 0 saturated carbocycles. The lowest BCUT2D eigenvalue weighted by atomic mass is 10.3. The summed E-state index contributed by atoms with van der Waals surface area (Å²) in [5, 5.41) is 12.0. The van der Waals surface area contributed by atoms with E-state index < -0.39 is 0 Å². The van der Waals surface area contributed by atoms with E-state index in [1.807, 2.05) is 6.92 Å². The Morgan fingerprint density at radius 2 is 2.23 bits per heavy atom. The molecule has 0 N–H and O–H groups in total. The minimum atomic E-state index is -0.352. The van der Waals surface area contributed by atoms with Crippen molar-refractivity contribution in [3.8, 4) is 15.9 Å². The zero-order valence-corrected chi connectivity index (χ0v) is 13.5. The highest BCUT2D eigenvalue weighted by atomic mass is 32.1. The Bertz CT molecular complexity index is 868. The Morgan fingerprint density at radius 1 is 1.36 bits per heavy atom. The van der Waals surface area contributed by atoms with E-state index in [0.29, 0.717) is 28.1 Å². The van der Waals surface area contributed by atoms with Crippen molar-refractivity contribution in [1.82, 2.24) is 24.8 Å². The van der Waals surface area contributed by atoms with Gasteiger partial charge in [-0.05, 0) is 17.4 Å². The first-order valence-corrected chi connectivity index (χ1v) is 8.13. The van der Waals surface area contributed by atoms with E-state index in [2.05, 4.69) is 15.4 Å². The molecule has 8 nitrogen and oxygen atoms in total. The number of thiophene rings is 1. The van der Waals surface area contributed by atoms with Crippen LogP contribution in [0.2, 0.25) is 0 Å². The highest BCUT2D eigenvalue weighted by Gasteiger charge is 2.19. The van der Waals surface area contributed by atoms with E-state index in [1.54, 1.807) is 10.8 Å². The Labute approximate surface area is 134 Å². The first kappa shape index (κ1) is 13.5. The van der Waals surface area contributed by atoms with Crippen LogP contribution in [0.4, 0.5) is 0 Å². The van der Waals surface area contributed by atoms with Crippen LogP contribution in [0.25, 0.3) is 5.69 Å². The molecule has 3 heterocycles. The molecule has 0 aromatic carbocycles. The van der Waals surface area contributed by atoms with Gasteiger partial charge in [0.25, 0.3) is 5.19 Å². The van der Waals surface area contributed by atoms with Gasteiger partial charge in [0.1, 0.15) is 6.61 Å². The van der Waals surface area contributed by atoms with Crippen LogP contribution < -0.4 is 15.2 Å². The number of hydrogen-bond donors (Lipinski definition) is 0. The van der Waals surface area contributed by atoms with E-state index in [9.17, 15) is 4.79 Å². The van der Waals surface area contributed by atoms with Gasteiger partial charge >= 0.3 is 5.69 Å². The number of rotatable bonds is 6. The summed E-state index contributed by atoms with van der Waals surface area (Å²) in [4.78, 5) is 16.0. The Hall–Kier alpha value is -2.20. The van der Waals surface area contributed by atoms with Crippen LogP contribution >= 0.6 is 22.7 Å². The Kier molecular flexibility index (Phi) is 3.84. The molecule has 0 amide bonds. The number of nitrogens with zero attached hydrogens (tertiary/aromatic N) is 5. The molecule has 0 aliphatic rings. The largest absolute Gasteiger partial charge is 0.484 e. The molecule has 0 saturated heterocycles. The summed E-state index contributed by atoms with van der Waals surface area (Å²) in [7, 11) is 1.53. The highest BCUT2D eigenvalue weighted by molar-refractivity contribution is 7.12. The molecule has 3 aromatic rings. The third-order valence-corrected chi connectivity index (χ3v) is 4.32. The molecule has 0 radical (unpaired) electrons. The first-order chi connectivity index (χ1) is 11.1. The number of thiazole rings is 1. The van der Waals surface area contributed by atoms with Crippen LogP contribution in [0.1, 0.15) is 13.9 Å². The smallest absolute Gasteiger partial charge is 0.368 e. The number of hydrogen-bond acceptors (Lipinski definition) is 8. The van der Waals surface area contributed by atoms with Crippen molar-refractivity contribution >= 4 is 22.7 Å². The number of aryl methyl sites for hydroxylation is 1. The van der Waals surface area contributed by atoms with Gasteiger partial charge in [-0.1, -0.05) is 11.3 Å². The van der Waals surface area contributed by atoms with E-state index in [-0.39, 0.29) is 18.5 Å². The minimum Gasteiger partial charge on any atom is -0.484 e. The molecule has 3 aromatic heterocycles. The lowest BCUT2D eigenvalue weighted by Gasteiger charge is -2.07. The van der Waals surface area contributed by atoms with Gasteiger partial charge in [-0.2, -0.15) is 9.36 Å². The molecule has 0 atom stereocenters. The molecule has 0 bridgehead atoms. The summed E-state index contributed by atoms with van der Waals surface area (Å²) in [5.41, 5.74) is 0.912. The fraction of sp³-hybridized carbons (Fsp3) is 0.333. The highest BCUT2D eigenvalue weighted by Crippen LogP contribution is 2.33. The van der Waals surface area contributed by atoms with Crippen LogP contribution in [0.5, 0.6) is 10.3 Å². The Balaban J connectivity index is 1.94. The van der Waals surface area contributed by atoms with Gasteiger partial charge in [-0.3, -0.25) is 0 Å². The predicted molar refractivity (Wildman–Crippen MR) is 82.1 cm³/mol. The van der Waals surface area contributed by atoms with Gasteiger partial charge in [-0.25, -0.2) is 9.78 Å². The van der Waals surface area contributed by atoms with Crippen LogP contribution in [0, 0.1) is 0 Å². The van der Waals surface area contributed by atoms with Gasteiger partial charge in [0, 0.05) is 24.0 Å². The second-order valence-electron chi connectivity index (χ2n) is 4.15. The van der Waals surface area contributed by atoms with Crippen molar-refractivity contribution in [3.63, 3.8) is 0 Å². The summed E-state index contributed by atoms with van der Waals surface area (Å²) in [5.74, 6) is 0. The molecule has 0 fully saturated rings. The fourth-order valence-electron chi connectivity index (χ4n) is 1.77. The normalized spacial score (nSPS) is 11.5. The van der Waals surface area contributed by atoms with Crippen molar-refractivity contribution in [2.24, 2.45) is 7.05 Å². The average molecular weight is 341 g/mol. The van der Waals surface area contributed by atoms with Gasteiger partial charge in [0.05, 0.1) is 19.2 Å². The summed E-state index contributed by atoms with van der Waals surface area (Å²) in [6, 6.07) is 0. The van der Waals surface area contributed by atoms with Crippen LogP contribution in [-0.4, -0.2) is 31.4 Å². The standard InChI is InChI=1S/C12H13N5O3S2/c1-3-19-10-8(6-20-11-13-4-5-21-11)9(7-22-10)17-12(18)16(2)14-15-17/h4-5,7H,3,6H2,1-2H3/i4T. The topological polar surface area (TPSA) is 84.1 Å². The van der Waals surface area contributed by atoms with Gasteiger partial charge < -0.3 is 9.47 Å². The summed E-state index contributed by atoms with van der Waals surface area (Å²) < 4.78 is 21.0. The summed E-state index contributed by atoms with van der Waals surface area (Å²) in [6.45, 7) is 2.53. The average Bonchev–Trinajstić information content (AvgIpc) is 3.20. The zero-order valence-electron chi connectivity index (χ0n) is 12.8. The van der Waals surface area contributed by atoms with Crippen molar-refractivity contribution in [1.29, 1.82) is 0 Å². The third-order valence-electron chi connectivity index (χ3n) is 2.77. The minimum absolute atomic E-state index is 0.157. The number of aromatic nitrogens is 5. The number of tetrazole rings is 1. The molecule has 0 aliphatic heterocycles. The maximum atomic E-state index is 12.1. The maximum Gasteiger partial charge on any atom is 0.368 e. The van der Waals surface area contributed by atoms with Gasteiger partial charge in [-0.15, -0.1) is 11.3 Å². The van der Waals surface area contributed by atoms with Crippen molar-refractivity contribution in [2.75, 3.05) is 6.61 Å². The molecule has 116 valence electrons. The van der Waals surface area contributed by atoms with Gasteiger partial charge in [0.15, 0.2) is 5.06 Å². The lowest BCUT2D eigenvalue weighted by Crippen LogP contribution is -2.22. The lowest BCUT2D eigenvalue weighted by molar-refractivity contribution is 0.289. The summed E-state index contributed by atoms with van der Waals surface area (Å²) >= 11 is 2.60. The van der Waals surface area contributed by atoms with Crippen molar-refractivity contribution in [3.05, 3.63) is 33.0 Å². The zero-order chi connectivity index (χ0) is 16.4. The molecular formula is C12H13N5O3S2. The van der Waals surface area contributed by atoms with Gasteiger partial charge in [0.2, 0.25) is 0 Å².